The lowest BCUT2D eigenvalue weighted by Crippen LogP contribution is -2.35. The Labute approximate surface area is 136 Å². The first-order valence-corrected chi connectivity index (χ1v) is 8.14. The van der Waals surface area contributed by atoms with Crippen molar-refractivity contribution in [2.75, 3.05) is 32.0 Å². The lowest BCUT2D eigenvalue weighted by Gasteiger charge is -2.29. The molecule has 1 aliphatic heterocycles. The number of halogens is 1. The molecule has 1 saturated heterocycles. The van der Waals surface area contributed by atoms with Gasteiger partial charge in [-0.2, -0.15) is 0 Å². The minimum Gasteiger partial charge on any atom is -0.354 e. The van der Waals surface area contributed by atoms with Gasteiger partial charge in [-0.05, 0) is 45.3 Å². The van der Waals surface area contributed by atoms with Gasteiger partial charge in [-0.15, -0.1) is 0 Å². The Morgan fingerprint density at radius 2 is 2.13 bits per heavy atom. The summed E-state index contributed by atoms with van der Waals surface area (Å²) in [7, 11) is 2.16. The van der Waals surface area contributed by atoms with Crippen LogP contribution in [0.15, 0.2) is 30.5 Å². The first-order chi connectivity index (χ1) is 11.1. The van der Waals surface area contributed by atoms with Crippen LogP contribution in [-0.4, -0.2) is 41.5 Å². The van der Waals surface area contributed by atoms with Gasteiger partial charge in [0, 0.05) is 30.4 Å². The third-order valence-corrected chi connectivity index (χ3v) is 4.41. The molecule has 0 saturated carbocycles. The van der Waals surface area contributed by atoms with Crippen molar-refractivity contribution in [3.8, 4) is 11.1 Å². The number of hydrogen-bond acceptors (Lipinski definition) is 4. The molecule has 1 aromatic heterocycles. The van der Waals surface area contributed by atoms with E-state index in [1.807, 2.05) is 13.0 Å². The molecule has 5 heteroatoms. The Morgan fingerprint density at radius 3 is 2.87 bits per heavy atom. The van der Waals surface area contributed by atoms with Crippen molar-refractivity contribution in [2.45, 2.75) is 19.8 Å². The van der Waals surface area contributed by atoms with Gasteiger partial charge in [0.2, 0.25) is 5.95 Å². The minimum atomic E-state index is -0.245. The van der Waals surface area contributed by atoms with Crippen LogP contribution in [0.3, 0.4) is 0 Å². The van der Waals surface area contributed by atoms with Gasteiger partial charge in [0.05, 0.1) is 5.69 Å². The molecular weight excluding hydrogens is 291 g/mol. The average Bonchev–Trinajstić information content (AvgIpc) is 2.54. The minimum absolute atomic E-state index is 0.245. The van der Waals surface area contributed by atoms with E-state index in [-0.39, 0.29) is 5.82 Å². The first kappa shape index (κ1) is 15.9. The molecule has 4 nitrogen and oxygen atoms in total. The van der Waals surface area contributed by atoms with Crippen LogP contribution in [0.5, 0.6) is 0 Å². The third-order valence-electron chi connectivity index (χ3n) is 4.41. The molecule has 122 valence electrons. The summed E-state index contributed by atoms with van der Waals surface area (Å²) in [4.78, 5) is 11.2. The predicted octanol–water partition coefficient (Wildman–Crippen LogP) is 3.34. The predicted molar refractivity (Wildman–Crippen MR) is 90.9 cm³/mol. The highest BCUT2D eigenvalue weighted by Gasteiger charge is 2.17. The van der Waals surface area contributed by atoms with Crippen LogP contribution in [0.2, 0.25) is 0 Å². The molecule has 1 fully saturated rings. The summed E-state index contributed by atoms with van der Waals surface area (Å²) in [6, 6.07) is 6.72. The number of benzene rings is 1. The van der Waals surface area contributed by atoms with Crippen LogP contribution in [0.25, 0.3) is 11.1 Å². The number of rotatable bonds is 4. The van der Waals surface area contributed by atoms with Gasteiger partial charge in [0.15, 0.2) is 0 Å². The van der Waals surface area contributed by atoms with Crippen LogP contribution in [-0.2, 0) is 0 Å². The topological polar surface area (TPSA) is 41.1 Å². The third kappa shape index (κ3) is 3.85. The number of nitrogens with zero attached hydrogens (tertiary/aromatic N) is 3. The van der Waals surface area contributed by atoms with E-state index >= 15 is 0 Å². The zero-order valence-electron chi connectivity index (χ0n) is 13.7. The molecule has 1 N–H and O–H groups in total. The maximum Gasteiger partial charge on any atom is 0.222 e. The van der Waals surface area contributed by atoms with E-state index < -0.39 is 0 Å². The van der Waals surface area contributed by atoms with Gasteiger partial charge < -0.3 is 10.2 Å². The molecule has 0 aliphatic carbocycles. The summed E-state index contributed by atoms with van der Waals surface area (Å²) in [6.45, 7) is 5.06. The second kappa shape index (κ2) is 7.04. The second-order valence-corrected chi connectivity index (χ2v) is 6.32. The Balaban J connectivity index is 1.69. The number of aromatic nitrogens is 2. The highest BCUT2D eigenvalue weighted by atomic mass is 19.1. The van der Waals surface area contributed by atoms with E-state index in [0.717, 1.165) is 24.3 Å². The fourth-order valence-corrected chi connectivity index (χ4v) is 3.17. The molecule has 1 atom stereocenters. The van der Waals surface area contributed by atoms with Gasteiger partial charge in [-0.3, -0.25) is 0 Å². The molecule has 3 rings (SSSR count). The molecular formula is C18H23FN4. The summed E-state index contributed by atoms with van der Waals surface area (Å²) in [5, 5.41) is 3.33. The zero-order valence-corrected chi connectivity index (χ0v) is 13.7. The van der Waals surface area contributed by atoms with Gasteiger partial charge in [-0.25, -0.2) is 14.4 Å². The fourth-order valence-electron chi connectivity index (χ4n) is 3.17. The number of anilines is 1. The Hall–Kier alpha value is -2.01. The number of aryl methyl sites for hydroxylation is 1. The van der Waals surface area contributed by atoms with E-state index in [9.17, 15) is 4.39 Å². The maximum absolute atomic E-state index is 13.9. The number of piperidine rings is 1. The van der Waals surface area contributed by atoms with Crippen LogP contribution in [0.4, 0.5) is 10.3 Å². The molecule has 0 amide bonds. The van der Waals surface area contributed by atoms with Crippen LogP contribution >= 0.6 is 0 Å². The Bertz CT molecular complexity index is 674. The van der Waals surface area contributed by atoms with Gasteiger partial charge in [0.25, 0.3) is 0 Å². The van der Waals surface area contributed by atoms with Crippen molar-refractivity contribution in [2.24, 2.45) is 5.92 Å². The van der Waals surface area contributed by atoms with Crippen molar-refractivity contribution in [1.82, 2.24) is 14.9 Å². The molecule has 1 aliphatic rings. The van der Waals surface area contributed by atoms with E-state index in [4.69, 9.17) is 0 Å². The SMILES string of the molecule is Cc1nc(NCC2CCCN(C)C2)ncc1-c1ccccc1F. The van der Waals surface area contributed by atoms with Crippen LogP contribution in [0.1, 0.15) is 18.5 Å². The zero-order chi connectivity index (χ0) is 16.2. The second-order valence-electron chi connectivity index (χ2n) is 6.32. The van der Waals surface area contributed by atoms with Crippen molar-refractivity contribution < 1.29 is 4.39 Å². The molecule has 2 heterocycles. The van der Waals surface area contributed by atoms with Gasteiger partial charge >= 0.3 is 0 Å². The van der Waals surface area contributed by atoms with E-state index in [2.05, 4.69) is 27.2 Å². The molecule has 0 bridgehead atoms. The Kier molecular flexibility index (Phi) is 4.86. The van der Waals surface area contributed by atoms with Crippen LogP contribution < -0.4 is 5.32 Å². The number of nitrogens with one attached hydrogen (secondary N) is 1. The molecule has 2 aromatic rings. The molecule has 0 spiro atoms. The molecule has 23 heavy (non-hydrogen) atoms. The monoisotopic (exact) mass is 314 g/mol. The summed E-state index contributed by atoms with van der Waals surface area (Å²) in [5.41, 5.74) is 2.07. The van der Waals surface area contributed by atoms with Gasteiger partial charge in [0.1, 0.15) is 5.82 Å². The highest BCUT2D eigenvalue weighted by Crippen LogP contribution is 2.25. The molecule has 1 aromatic carbocycles. The standard InChI is InChI=1S/C18H23FN4/c1-13-16(15-7-3-4-8-17(15)19)11-21-18(22-13)20-10-14-6-5-9-23(2)12-14/h3-4,7-8,11,14H,5-6,9-10,12H2,1-2H3,(H,20,21,22). The normalized spacial score (nSPS) is 18.8. The van der Waals surface area contributed by atoms with E-state index in [0.29, 0.717) is 17.4 Å². The number of likely N-dealkylation sites (tertiary alicyclic amines) is 1. The van der Waals surface area contributed by atoms with E-state index in [1.165, 1.54) is 25.5 Å². The van der Waals surface area contributed by atoms with Crippen molar-refractivity contribution >= 4 is 5.95 Å². The lowest BCUT2D eigenvalue weighted by molar-refractivity contribution is 0.217. The fraction of sp³-hybridized carbons (Fsp3) is 0.444. The largest absolute Gasteiger partial charge is 0.354 e. The number of hydrogen-bond donors (Lipinski definition) is 1. The lowest BCUT2D eigenvalue weighted by atomic mass is 9.99. The molecule has 0 radical (unpaired) electrons. The summed E-state index contributed by atoms with van der Waals surface area (Å²) >= 11 is 0. The van der Waals surface area contributed by atoms with Crippen molar-refractivity contribution in [1.29, 1.82) is 0 Å². The van der Waals surface area contributed by atoms with Crippen molar-refractivity contribution in [3.05, 3.63) is 42.0 Å². The maximum atomic E-state index is 13.9. The smallest absolute Gasteiger partial charge is 0.222 e. The van der Waals surface area contributed by atoms with E-state index in [1.54, 1.807) is 18.3 Å². The highest BCUT2D eigenvalue weighted by molar-refractivity contribution is 5.66. The van der Waals surface area contributed by atoms with Crippen LogP contribution in [0, 0.1) is 18.7 Å². The quantitative estimate of drug-likeness (QED) is 0.939. The summed E-state index contributed by atoms with van der Waals surface area (Å²) < 4.78 is 13.9. The summed E-state index contributed by atoms with van der Waals surface area (Å²) in [5.74, 6) is 1.00. The Morgan fingerprint density at radius 1 is 1.30 bits per heavy atom. The van der Waals surface area contributed by atoms with Gasteiger partial charge in [-0.1, -0.05) is 18.2 Å². The van der Waals surface area contributed by atoms with Crippen molar-refractivity contribution in [3.63, 3.8) is 0 Å². The summed E-state index contributed by atoms with van der Waals surface area (Å²) in [6.07, 6.45) is 4.19. The first-order valence-electron chi connectivity index (χ1n) is 8.14. The average molecular weight is 314 g/mol. The molecule has 1 unspecified atom stereocenters.